The Bertz CT molecular complexity index is 484. The van der Waals surface area contributed by atoms with Crippen LogP contribution in [0.15, 0.2) is 24.3 Å². The van der Waals surface area contributed by atoms with Crippen molar-refractivity contribution in [1.29, 1.82) is 0 Å². The van der Waals surface area contributed by atoms with Gasteiger partial charge in [-0.05, 0) is 37.0 Å². The fourth-order valence-corrected chi connectivity index (χ4v) is 2.66. The van der Waals surface area contributed by atoms with E-state index in [9.17, 15) is 9.59 Å². The van der Waals surface area contributed by atoms with Gasteiger partial charge in [0, 0.05) is 31.1 Å². The van der Waals surface area contributed by atoms with Crippen molar-refractivity contribution in [1.82, 2.24) is 4.90 Å². The van der Waals surface area contributed by atoms with E-state index in [1.165, 1.54) is 0 Å². The number of rotatable bonds is 4. The van der Waals surface area contributed by atoms with E-state index in [-0.39, 0.29) is 24.3 Å². The first-order chi connectivity index (χ1) is 9.61. The molecule has 0 radical (unpaired) electrons. The summed E-state index contributed by atoms with van der Waals surface area (Å²) in [6.45, 7) is 1.15. The van der Waals surface area contributed by atoms with Crippen LogP contribution in [0.25, 0.3) is 0 Å². The molecular formula is C15H21N3O2. The van der Waals surface area contributed by atoms with Crippen molar-refractivity contribution in [2.24, 2.45) is 11.5 Å². The second-order valence-electron chi connectivity index (χ2n) is 5.22. The van der Waals surface area contributed by atoms with Gasteiger partial charge in [-0.3, -0.25) is 9.59 Å². The number of carbonyl (C=O) groups excluding carboxylic acids is 2. The van der Waals surface area contributed by atoms with Crippen molar-refractivity contribution < 1.29 is 9.59 Å². The lowest BCUT2D eigenvalue weighted by molar-refractivity contribution is -0.119. The van der Waals surface area contributed by atoms with Crippen molar-refractivity contribution in [3.8, 4) is 0 Å². The van der Waals surface area contributed by atoms with Crippen LogP contribution in [0.4, 0.5) is 0 Å². The van der Waals surface area contributed by atoms with Crippen LogP contribution >= 0.6 is 0 Å². The first kappa shape index (κ1) is 14.5. The summed E-state index contributed by atoms with van der Waals surface area (Å²) in [6, 6.07) is 7.24. The summed E-state index contributed by atoms with van der Waals surface area (Å²) >= 11 is 0. The van der Waals surface area contributed by atoms with Gasteiger partial charge in [0.2, 0.25) is 5.91 Å². The highest BCUT2D eigenvalue weighted by Gasteiger charge is 2.28. The molecule has 5 nitrogen and oxygen atoms in total. The maximum absolute atomic E-state index is 12.5. The van der Waals surface area contributed by atoms with Gasteiger partial charge in [0.25, 0.3) is 5.91 Å². The SMILES string of the molecule is NCc1ccc(C(=O)N2CCCCC2CC(N)=O)cc1. The maximum atomic E-state index is 12.5. The van der Waals surface area contributed by atoms with Crippen molar-refractivity contribution in [2.45, 2.75) is 38.3 Å². The van der Waals surface area contributed by atoms with Crippen LogP contribution < -0.4 is 11.5 Å². The standard InChI is InChI=1S/C15H21N3O2/c16-10-11-4-6-12(7-5-11)15(20)18-8-2-1-3-13(18)9-14(17)19/h4-7,13H,1-3,8-10,16H2,(H2,17,19). The average Bonchev–Trinajstić information content (AvgIpc) is 2.46. The molecule has 0 spiro atoms. The van der Waals surface area contributed by atoms with E-state index in [1.54, 1.807) is 17.0 Å². The number of amides is 2. The van der Waals surface area contributed by atoms with Gasteiger partial charge in [0.05, 0.1) is 0 Å². The molecule has 0 aromatic heterocycles. The van der Waals surface area contributed by atoms with Gasteiger partial charge in [0.15, 0.2) is 0 Å². The Kier molecular flexibility index (Phi) is 4.74. The predicted octanol–water partition coefficient (Wildman–Crippen LogP) is 1.02. The van der Waals surface area contributed by atoms with Crippen molar-refractivity contribution >= 4 is 11.8 Å². The van der Waals surface area contributed by atoms with Crippen LogP contribution in [-0.2, 0) is 11.3 Å². The maximum Gasteiger partial charge on any atom is 0.254 e. The Labute approximate surface area is 118 Å². The van der Waals surface area contributed by atoms with Crippen LogP contribution in [0.5, 0.6) is 0 Å². The van der Waals surface area contributed by atoms with Crippen molar-refractivity contribution in [3.63, 3.8) is 0 Å². The summed E-state index contributed by atoms with van der Waals surface area (Å²) in [6.07, 6.45) is 3.10. The summed E-state index contributed by atoms with van der Waals surface area (Å²) in [7, 11) is 0. The van der Waals surface area contributed by atoms with E-state index in [0.717, 1.165) is 24.8 Å². The molecule has 1 heterocycles. The smallest absolute Gasteiger partial charge is 0.254 e. The fraction of sp³-hybridized carbons (Fsp3) is 0.467. The Morgan fingerprint density at radius 2 is 1.90 bits per heavy atom. The van der Waals surface area contributed by atoms with E-state index in [2.05, 4.69) is 0 Å². The van der Waals surface area contributed by atoms with Gasteiger partial charge in [-0.15, -0.1) is 0 Å². The summed E-state index contributed by atoms with van der Waals surface area (Å²) in [4.78, 5) is 25.4. The van der Waals surface area contributed by atoms with Crippen LogP contribution in [0, 0.1) is 0 Å². The van der Waals surface area contributed by atoms with E-state index >= 15 is 0 Å². The Morgan fingerprint density at radius 1 is 1.20 bits per heavy atom. The summed E-state index contributed by atoms with van der Waals surface area (Å²) in [5.74, 6) is -0.382. The molecule has 0 bridgehead atoms. The van der Waals surface area contributed by atoms with Crippen molar-refractivity contribution in [3.05, 3.63) is 35.4 Å². The number of nitrogens with two attached hydrogens (primary N) is 2. The van der Waals surface area contributed by atoms with Gasteiger partial charge >= 0.3 is 0 Å². The third-order valence-electron chi connectivity index (χ3n) is 3.76. The number of hydrogen-bond donors (Lipinski definition) is 2. The molecule has 2 amide bonds. The molecule has 0 aliphatic carbocycles. The molecular weight excluding hydrogens is 254 g/mol. The molecule has 1 aliphatic heterocycles. The predicted molar refractivity (Wildman–Crippen MR) is 76.8 cm³/mol. The molecule has 0 saturated carbocycles. The number of carbonyl (C=O) groups is 2. The zero-order chi connectivity index (χ0) is 14.5. The molecule has 1 aliphatic rings. The zero-order valence-electron chi connectivity index (χ0n) is 11.5. The molecule has 1 unspecified atom stereocenters. The molecule has 2 rings (SSSR count). The summed E-state index contributed by atoms with van der Waals surface area (Å²) in [5.41, 5.74) is 12.5. The number of hydrogen-bond acceptors (Lipinski definition) is 3. The lowest BCUT2D eigenvalue weighted by atomic mass is 9.97. The molecule has 1 saturated heterocycles. The minimum Gasteiger partial charge on any atom is -0.370 e. The minimum absolute atomic E-state index is 0.0282. The highest BCUT2D eigenvalue weighted by atomic mass is 16.2. The third-order valence-corrected chi connectivity index (χ3v) is 3.76. The molecule has 1 aromatic rings. The number of piperidine rings is 1. The Hall–Kier alpha value is -1.88. The Balaban J connectivity index is 2.13. The minimum atomic E-state index is -0.354. The second-order valence-corrected chi connectivity index (χ2v) is 5.22. The molecule has 108 valence electrons. The fourth-order valence-electron chi connectivity index (χ4n) is 2.66. The largest absolute Gasteiger partial charge is 0.370 e. The van der Waals surface area contributed by atoms with E-state index in [4.69, 9.17) is 11.5 Å². The third kappa shape index (κ3) is 3.36. The average molecular weight is 275 g/mol. The molecule has 1 fully saturated rings. The lowest BCUT2D eigenvalue weighted by Gasteiger charge is -2.35. The van der Waals surface area contributed by atoms with Crippen LogP contribution in [0.3, 0.4) is 0 Å². The highest BCUT2D eigenvalue weighted by Crippen LogP contribution is 2.22. The highest BCUT2D eigenvalue weighted by molar-refractivity contribution is 5.94. The summed E-state index contributed by atoms with van der Waals surface area (Å²) < 4.78 is 0. The number of benzene rings is 1. The monoisotopic (exact) mass is 275 g/mol. The van der Waals surface area contributed by atoms with E-state index in [0.29, 0.717) is 18.7 Å². The van der Waals surface area contributed by atoms with Gasteiger partial charge < -0.3 is 16.4 Å². The quantitative estimate of drug-likeness (QED) is 0.859. The Morgan fingerprint density at radius 3 is 2.50 bits per heavy atom. The summed E-state index contributed by atoms with van der Waals surface area (Å²) in [5, 5.41) is 0. The van der Waals surface area contributed by atoms with Crippen LogP contribution in [0.2, 0.25) is 0 Å². The van der Waals surface area contributed by atoms with Gasteiger partial charge in [-0.1, -0.05) is 12.1 Å². The topological polar surface area (TPSA) is 89.4 Å². The van der Waals surface area contributed by atoms with E-state index < -0.39 is 0 Å². The normalized spacial score (nSPS) is 18.9. The first-order valence-electron chi connectivity index (χ1n) is 7.00. The molecule has 20 heavy (non-hydrogen) atoms. The van der Waals surface area contributed by atoms with Crippen molar-refractivity contribution in [2.75, 3.05) is 6.54 Å². The molecule has 4 N–H and O–H groups in total. The van der Waals surface area contributed by atoms with Gasteiger partial charge in [-0.2, -0.15) is 0 Å². The molecule has 5 heteroatoms. The molecule has 1 atom stereocenters. The lowest BCUT2D eigenvalue weighted by Crippen LogP contribution is -2.45. The van der Waals surface area contributed by atoms with Crippen LogP contribution in [-0.4, -0.2) is 29.3 Å². The number of nitrogens with zero attached hydrogens (tertiary/aromatic N) is 1. The van der Waals surface area contributed by atoms with Crippen LogP contribution in [0.1, 0.15) is 41.6 Å². The number of primary amides is 1. The van der Waals surface area contributed by atoms with Gasteiger partial charge in [0.1, 0.15) is 0 Å². The number of likely N-dealkylation sites (tertiary alicyclic amines) is 1. The zero-order valence-corrected chi connectivity index (χ0v) is 11.5. The van der Waals surface area contributed by atoms with Gasteiger partial charge in [-0.25, -0.2) is 0 Å². The van der Waals surface area contributed by atoms with E-state index in [1.807, 2.05) is 12.1 Å². The first-order valence-corrected chi connectivity index (χ1v) is 7.00. The second kappa shape index (κ2) is 6.52. The molecule has 1 aromatic carbocycles.